The normalized spacial score (nSPS) is 26.5. The van der Waals surface area contributed by atoms with Crippen LogP contribution in [-0.2, 0) is 4.74 Å². The van der Waals surface area contributed by atoms with E-state index in [1.54, 1.807) is 6.07 Å². The van der Waals surface area contributed by atoms with Gasteiger partial charge in [-0.05, 0) is 37.6 Å². The fourth-order valence-corrected chi connectivity index (χ4v) is 3.95. The van der Waals surface area contributed by atoms with Crippen LogP contribution in [0.15, 0.2) is 24.3 Å². The molecule has 0 aliphatic carbocycles. The summed E-state index contributed by atoms with van der Waals surface area (Å²) in [5.74, 6) is 1.27. The zero-order chi connectivity index (χ0) is 23.5. The molecule has 2 aromatic rings. The zero-order valence-corrected chi connectivity index (χ0v) is 16.2. The number of aromatic nitrogens is 1. The molecule has 3 aliphatic rings. The zero-order valence-electron chi connectivity index (χ0n) is 20.2. The summed E-state index contributed by atoms with van der Waals surface area (Å²) in [6.45, 7) is 0.0239. The molecule has 1 unspecified atom stereocenters. The van der Waals surface area contributed by atoms with E-state index < -0.39 is 13.1 Å². The van der Waals surface area contributed by atoms with E-state index in [2.05, 4.69) is 4.90 Å². The van der Waals surface area contributed by atoms with Gasteiger partial charge in [-0.25, -0.2) is 9.78 Å². The SMILES string of the molecule is [2H]C1([2H])Oc2ccc(OC3CCN(c4nc5c(cc4C)C(=O)OC5C)CC3)cc2OC1([2H])[2H]. The van der Waals surface area contributed by atoms with Crippen molar-refractivity contribution in [2.45, 2.75) is 38.9 Å². The lowest BCUT2D eigenvalue weighted by Crippen LogP contribution is -2.39. The summed E-state index contributed by atoms with van der Waals surface area (Å²) in [5.41, 5.74) is 2.15. The first kappa shape index (κ1) is 14.1. The number of carbonyl (C=O) groups is 1. The summed E-state index contributed by atoms with van der Waals surface area (Å²) in [7, 11) is 0. The van der Waals surface area contributed by atoms with E-state index in [1.807, 2.05) is 19.9 Å². The molecule has 1 fully saturated rings. The van der Waals surface area contributed by atoms with E-state index in [0.717, 1.165) is 37.3 Å². The Balaban J connectivity index is 1.25. The second kappa shape index (κ2) is 7.13. The summed E-state index contributed by atoms with van der Waals surface area (Å²) in [6, 6.07) is 6.56. The van der Waals surface area contributed by atoms with Crippen molar-refractivity contribution in [3.63, 3.8) is 0 Å². The van der Waals surface area contributed by atoms with Gasteiger partial charge in [0.25, 0.3) is 0 Å². The van der Waals surface area contributed by atoms with E-state index in [-0.39, 0.29) is 29.7 Å². The number of anilines is 1. The second-order valence-corrected chi connectivity index (χ2v) is 7.43. The highest BCUT2D eigenvalue weighted by molar-refractivity contribution is 5.94. The molecule has 1 aromatic heterocycles. The molecule has 0 saturated carbocycles. The molecule has 0 radical (unpaired) electrons. The molecular weight excluding hydrogens is 372 g/mol. The molecule has 5 rings (SSSR count). The number of cyclic esters (lactones) is 1. The van der Waals surface area contributed by atoms with E-state index in [9.17, 15) is 4.79 Å². The maximum atomic E-state index is 11.9. The van der Waals surface area contributed by atoms with Gasteiger partial charge in [0.05, 0.1) is 16.7 Å². The molecule has 0 N–H and O–H groups in total. The molecule has 1 atom stereocenters. The number of piperidine rings is 1. The summed E-state index contributed by atoms with van der Waals surface area (Å²) in [5, 5.41) is 0. The molecule has 3 aliphatic heterocycles. The molecular formula is C22H24N2O5. The van der Waals surface area contributed by atoms with Crippen LogP contribution < -0.4 is 19.1 Å². The van der Waals surface area contributed by atoms with Crippen LogP contribution in [0.3, 0.4) is 0 Å². The molecule has 0 spiro atoms. The Morgan fingerprint density at radius 3 is 2.72 bits per heavy atom. The topological polar surface area (TPSA) is 70.1 Å². The van der Waals surface area contributed by atoms with Crippen LogP contribution in [0.25, 0.3) is 0 Å². The van der Waals surface area contributed by atoms with Crippen LogP contribution in [0.1, 0.15) is 53.0 Å². The van der Waals surface area contributed by atoms with Crippen LogP contribution in [-0.4, -0.2) is 43.3 Å². The first-order chi connectivity index (χ1) is 15.5. The summed E-state index contributed by atoms with van der Waals surface area (Å²) < 4.78 is 52.5. The largest absolute Gasteiger partial charge is 0.490 e. The number of fused-ring (bicyclic) bond motifs is 2. The van der Waals surface area contributed by atoms with Gasteiger partial charge in [0, 0.05) is 32.0 Å². The average Bonchev–Trinajstić information content (AvgIpc) is 3.01. The van der Waals surface area contributed by atoms with Crippen molar-refractivity contribution in [1.29, 1.82) is 0 Å². The number of carbonyl (C=O) groups excluding carboxylic acids is 1. The Labute approximate surface area is 175 Å². The third-order valence-corrected chi connectivity index (χ3v) is 5.43. The van der Waals surface area contributed by atoms with Crippen LogP contribution in [0.2, 0.25) is 0 Å². The number of esters is 1. The minimum atomic E-state index is -2.61. The van der Waals surface area contributed by atoms with Crippen LogP contribution >= 0.6 is 0 Å². The fourth-order valence-electron chi connectivity index (χ4n) is 3.95. The molecule has 0 bridgehead atoms. The van der Waals surface area contributed by atoms with E-state index in [0.29, 0.717) is 17.0 Å². The van der Waals surface area contributed by atoms with Gasteiger partial charge in [-0.1, -0.05) is 0 Å². The Morgan fingerprint density at radius 2 is 1.93 bits per heavy atom. The Morgan fingerprint density at radius 1 is 1.17 bits per heavy atom. The lowest BCUT2D eigenvalue weighted by molar-refractivity contribution is 0.0417. The summed E-state index contributed by atoms with van der Waals surface area (Å²) >= 11 is 0. The first-order valence-corrected chi connectivity index (χ1v) is 9.70. The van der Waals surface area contributed by atoms with Crippen molar-refractivity contribution in [2.24, 2.45) is 0 Å². The number of aryl methyl sites for hydroxylation is 1. The lowest BCUT2D eigenvalue weighted by atomic mass is 10.1. The number of hydrogen-bond donors (Lipinski definition) is 0. The van der Waals surface area contributed by atoms with E-state index in [1.165, 1.54) is 12.1 Å². The van der Waals surface area contributed by atoms with Crippen molar-refractivity contribution in [3.8, 4) is 17.2 Å². The van der Waals surface area contributed by atoms with Crippen molar-refractivity contribution < 1.29 is 29.2 Å². The number of benzene rings is 1. The van der Waals surface area contributed by atoms with E-state index >= 15 is 0 Å². The molecule has 4 heterocycles. The van der Waals surface area contributed by atoms with Crippen molar-refractivity contribution in [2.75, 3.05) is 31.1 Å². The van der Waals surface area contributed by atoms with Crippen molar-refractivity contribution in [3.05, 3.63) is 41.1 Å². The highest BCUT2D eigenvalue weighted by Gasteiger charge is 2.32. The molecule has 7 nitrogen and oxygen atoms in total. The summed E-state index contributed by atoms with van der Waals surface area (Å²) in [6.07, 6.45) is 1.11. The molecule has 1 saturated heterocycles. The molecule has 152 valence electrons. The number of ether oxygens (including phenoxy) is 4. The third-order valence-electron chi connectivity index (χ3n) is 5.43. The highest BCUT2D eigenvalue weighted by atomic mass is 16.6. The Bertz CT molecular complexity index is 1120. The smallest absolute Gasteiger partial charge is 0.340 e. The monoisotopic (exact) mass is 400 g/mol. The van der Waals surface area contributed by atoms with Gasteiger partial charge >= 0.3 is 5.97 Å². The fraction of sp³-hybridized carbons (Fsp3) is 0.455. The van der Waals surface area contributed by atoms with Gasteiger partial charge in [0.2, 0.25) is 0 Å². The second-order valence-electron chi connectivity index (χ2n) is 7.43. The average molecular weight is 400 g/mol. The van der Waals surface area contributed by atoms with Gasteiger partial charge in [0.15, 0.2) is 11.5 Å². The number of rotatable bonds is 3. The Kier molecular flexibility index (Phi) is 3.47. The van der Waals surface area contributed by atoms with E-state index in [4.69, 9.17) is 29.4 Å². The number of nitrogens with zero attached hydrogens (tertiary/aromatic N) is 2. The molecule has 29 heavy (non-hydrogen) atoms. The maximum Gasteiger partial charge on any atom is 0.340 e. The first-order valence-electron chi connectivity index (χ1n) is 11.7. The van der Waals surface area contributed by atoms with Gasteiger partial charge in [-0.15, -0.1) is 0 Å². The number of hydrogen-bond acceptors (Lipinski definition) is 7. The predicted octanol–water partition coefficient (Wildman–Crippen LogP) is 3.44. The minimum absolute atomic E-state index is 0.0504. The van der Waals surface area contributed by atoms with Crippen LogP contribution in [0.4, 0.5) is 5.82 Å². The van der Waals surface area contributed by atoms with Gasteiger partial charge in [0.1, 0.15) is 36.9 Å². The van der Waals surface area contributed by atoms with Gasteiger partial charge in [-0.2, -0.15) is 0 Å². The predicted molar refractivity (Wildman–Crippen MR) is 106 cm³/mol. The molecule has 7 heteroatoms. The quantitative estimate of drug-likeness (QED) is 0.731. The molecule has 1 aromatic carbocycles. The minimum Gasteiger partial charge on any atom is -0.490 e. The lowest BCUT2D eigenvalue weighted by Gasteiger charge is -2.34. The maximum absolute atomic E-state index is 11.9. The van der Waals surface area contributed by atoms with Gasteiger partial charge < -0.3 is 23.8 Å². The highest BCUT2D eigenvalue weighted by Crippen LogP contribution is 2.36. The van der Waals surface area contributed by atoms with Crippen LogP contribution in [0, 0.1) is 6.92 Å². The van der Waals surface area contributed by atoms with Crippen molar-refractivity contribution in [1.82, 2.24) is 4.98 Å². The van der Waals surface area contributed by atoms with Crippen molar-refractivity contribution >= 4 is 11.8 Å². The van der Waals surface area contributed by atoms with Gasteiger partial charge in [-0.3, -0.25) is 0 Å². The standard InChI is InChI=1S/C22H24N2O5/c1-13-11-17-20(14(2)28-22(17)25)23-21(13)24-7-5-15(6-8-24)29-16-3-4-18-19(12-16)27-10-9-26-18/h3-4,11-12,14-15H,5-10H2,1-2H3/i9D2,10D2. The molecule has 0 amide bonds. The third kappa shape index (κ3) is 3.34. The Hall–Kier alpha value is -2.96. The summed E-state index contributed by atoms with van der Waals surface area (Å²) in [4.78, 5) is 18.9. The number of pyridine rings is 1. The van der Waals surface area contributed by atoms with Crippen LogP contribution in [0.5, 0.6) is 17.2 Å².